The fourth-order valence-corrected chi connectivity index (χ4v) is 5.22. The summed E-state index contributed by atoms with van der Waals surface area (Å²) in [5.74, 6) is -1.00. The lowest BCUT2D eigenvalue weighted by atomic mass is 9.97. The van der Waals surface area contributed by atoms with Gasteiger partial charge in [-0.25, -0.2) is 17.4 Å². The van der Waals surface area contributed by atoms with Crippen molar-refractivity contribution in [1.82, 2.24) is 0 Å². The standard InChI is InChI=1S/C22H28N2O7S2/c1-33(29,30)17-8-9-19(18(23)14-17)24-11-3-2-5-16(24)6-4-12-31-20-10-7-15(22(25)26)13-21(20)32(27)28/h7-10,13-14,16H,2-6,11-12,23H2,1H3,(H,25,26)(H,27,28). The smallest absolute Gasteiger partial charge is 0.335 e. The van der Waals surface area contributed by atoms with Gasteiger partial charge in [0.1, 0.15) is 10.6 Å². The molecule has 3 rings (SSSR count). The molecule has 0 spiro atoms. The molecule has 1 heterocycles. The van der Waals surface area contributed by atoms with Gasteiger partial charge in [0.05, 0.1) is 28.4 Å². The van der Waals surface area contributed by atoms with Crippen LogP contribution in [0.1, 0.15) is 42.5 Å². The van der Waals surface area contributed by atoms with Gasteiger partial charge in [0.25, 0.3) is 0 Å². The molecule has 1 aliphatic heterocycles. The minimum absolute atomic E-state index is 0.0760. The van der Waals surface area contributed by atoms with Crippen LogP contribution in [-0.4, -0.2) is 53.7 Å². The summed E-state index contributed by atoms with van der Waals surface area (Å²) in [5, 5.41) is 9.07. The van der Waals surface area contributed by atoms with Crippen LogP contribution in [0.4, 0.5) is 11.4 Å². The van der Waals surface area contributed by atoms with Crippen molar-refractivity contribution in [2.45, 2.75) is 47.9 Å². The molecule has 1 aliphatic rings. The fourth-order valence-electron chi connectivity index (χ4n) is 4.04. The van der Waals surface area contributed by atoms with Gasteiger partial charge < -0.3 is 25.0 Å². The first kappa shape index (κ1) is 25.0. The summed E-state index contributed by atoms with van der Waals surface area (Å²) in [4.78, 5) is 13.4. The van der Waals surface area contributed by atoms with Crippen LogP contribution in [0.25, 0.3) is 0 Å². The molecule has 4 N–H and O–H groups in total. The highest BCUT2D eigenvalue weighted by Gasteiger charge is 2.24. The van der Waals surface area contributed by atoms with Crippen molar-refractivity contribution in [3.8, 4) is 5.75 Å². The van der Waals surface area contributed by atoms with E-state index in [1.807, 2.05) is 0 Å². The summed E-state index contributed by atoms with van der Waals surface area (Å²) in [7, 11) is -3.33. The number of rotatable bonds is 9. The molecule has 0 aliphatic carbocycles. The zero-order chi connectivity index (χ0) is 24.2. The van der Waals surface area contributed by atoms with Gasteiger partial charge in [-0.05, 0) is 68.5 Å². The minimum atomic E-state index is -3.33. The summed E-state index contributed by atoms with van der Waals surface area (Å²) in [6.07, 6.45) is 5.67. The maximum absolute atomic E-state index is 11.8. The number of aromatic carboxylic acids is 1. The molecule has 0 amide bonds. The van der Waals surface area contributed by atoms with E-state index in [0.29, 0.717) is 18.7 Å². The lowest BCUT2D eigenvalue weighted by Crippen LogP contribution is -2.40. The molecule has 11 heteroatoms. The lowest BCUT2D eigenvalue weighted by Gasteiger charge is -2.38. The Morgan fingerprint density at radius 2 is 2.00 bits per heavy atom. The van der Waals surface area contributed by atoms with E-state index in [4.69, 9.17) is 15.6 Å². The molecule has 180 valence electrons. The van der Waals surface area contributed by atoms with E-state index in [-0.39, 0.29) is 27.1 Å². The maximum atomic E-state index is 11.8. The normalized spacial score (nSPS) is 17.5. The average Bonchev–Trinajstić information content (AvgIpc) is 2.76. The fraction of sp³-hybridized carbons (Fsp3) is 0.409. The molecular weight excluding hydrogens is 468 g/mol. The van der Waals surface area contributed by atoms with Crippen molar-refractivity contribution in [2.24, 2.45) is 0 Å². The van der Waals surface area contributed by atoms with Gasteiger partial charge in [0.2, 0.25) is 0 Å². The van der Waals surface area contributed by atoms with Crippen molar-refractivity contribution in [2.75, 3.05) is 30.0 Å². The van der Waals surface area contributed by atoms with Crippen LogP contribution in [0.2, 0.25) is 0 Å². The van der Waals surface area contributed by atoms with Crippen LogP contribution >= 0.6 is 0 Å². The molecule has 0 aromatic heterocycles. The molecule has 33 heavy (non-hydrogen) atoms. The molecule has 9 nitrogen and oxygen atoms in total. The van der Waals surface area contributed by atoms with Crippen molar-refractivity contribution in [1.29, 1.82) is 0 Å². The second kappa shape index (κ2) is 10.5. The van der Waals surface area contributed by atoms with E-state index in [1.165, 1.54) is 18.2 Å². The Labute approximate surface area is 195 Å². The zero-order valence-corrected chi connectivity index (χ0v) is 19.9. The van der Waals surface area contributed by atoms with Crippen LogP contribution in [0.5, 0.6) is 5.75 Å². The first-order valence-corrected chi connectivity index (χ1v) is 13.5. The minimum Gasteiger partial charge on any atom is -0.492 e. The molecule has 1 fully saturated rings. The van der Waals surface area contributed by atoms with Gasteiger partial charge in [-0.1, -0.05) is 0 Å². The second-order valence-electron chi connectivity index (χ2n) is 8.04. The van der Waals surface area contributed by atoms with Crippen molar-refractivity contribution in [3.05, 3.63) is 42.0 Å². The SMILES string of the molecule is CS(=O)(=O)c1ccc(N2CCCCC2CCCOc2ccc(C(=O)O)cc2S(=O)O)c(N)c1. The zero-order valence-electron chi connectivity index (χ0n) is 18.3. The number of hydrogen-bond acceptors (Lipinski definition) is 7. The number of piperidine rings is 1. The summed E-state index contributed by atoms with van der Waals surface area (Å²) >= 11 is -2.37. The van der Waals surface area contributed by atoms with E-state index in [1.54, 1.807) is 12.1 Å². The summed E-state index contributed by atoms with van der Waals surface area (Å²) in [6, 6.07) is 8.90. The van der Waals surface area contributed by atoms with Gasteiger partial charge in [-0.2, -0.15) is 0 Å². The van der Waals surface area contributed by atoms with Crippen molar-refractivity contribution >= 4 is 38.3 Å². The van der Waals surface area contributed by atoms with Gasteiger partial charge in [-0.3, -0.25) is 0 Å². The van der Waals surface area contributed by atoms with Crippen LogP contribution in [-0.2, 0) is 20.9 Å². The van der Waals surface area contributed by atoms with Gasteiger partial charge in [-0.15, -0.1) is 0 Å². The Bertz CT molecular complexity index is 1150. The Morgan fingerprint density at radius 1 is 1.24 bits per heavy atom. The van der Waals surface area contributed by atoms with E-state index < -0.39 is 26.9 Å². The predicted octanol–water partition coefficient (Wildman–Crippen LogP) is 3.17. The molecular formula is C22H28N2O7S2. The third kappa shape index (κ3) is 6.24. The van der Waals surface area contributed by atoms with Crippen LogP contribution < -0.4 is 15.4 Å². The molecule has 2 unspecified atom stereocenters. The van der Waals surface area contributed by atoms with E-state index in [2.05, 4.69) is 4.90 Å². The highest BCUT2D eigenvalue weighted by atomic mass is 32.2. The number of carbonyl (C=O) groups is 1. The highest BCUT2D eigenvalue weighted by Crippen LogP contribution is 2.33. The number of nitrogen functional groups attached to an aromatic ring is 1. The van der Waals surface area contributed by atoms with Crippen molar-refractivity contribution < 1.29 is 31.8 Å². The second-order valence-corrected chi connectivity index (χ2v) is 11.0. The summed E-state index contributed by atoms with van der Waals surface area (Å²) in [5.41, 5.74) is 7.35. The van der Waals surface area contributed by atoms with Crippen LogP contribution in [0.15, 0.2) is 46.2 Å². The average molecular weight is 497 g/mol. The van der Waals surface area contributed by atoms with Crippen molar-refractivity contribution in [3.63, 3.8) is 0 Å². The van der Waals surface area contributed by atoms with Gasteiger partial charge in [0.15, 0.2) is 20.9 Å². The third-order valence-electron chi connectivity index (χ3n) is 5.68. The number of nitrogens with zero attached hydrogens (tertiary/aromatic N) is 1. The first-order chi connectivity index (χ1) is 15.6. The number of carboxylic acid groups (broad SMARTS) is 1. The Hall–Kier alpha value is -2.63. The van der Waals surface area contributed by atoms with Gasteiger partial charge >= 0.3 is 5.97 Å². The summed E-state index contributed by atoms with van der Waals surface area (Å²) in [6.45, 7) is 1.11. The highest BCUT2D eigenvalue weighted by molar-refractivity contribution is 7.90. The van der Waals surface area contributed by atoms with E-state index in [9.17, 15) is 22.0 Å². The molecule has 2 aromatic carbocycles. The number of nitrogens with two attached hydrogens (primary N) is 1. The molecule has 1 saturated heterocycles. The first-order valence-electron chi connectivity index (χ1n) is 10.5. The number of carboxylic acids is 1. The van der Waals surface area contributed by atoms with E-state index in [0.717, 1.165) is 50.2 Å². The third-order valence-corrected chi connectivity index (χ3v) is 7.49. The van der Waals surface area contributed by atoms with E-state index >= 15 is 0 Å². The molecule has 0 radical (unpaired) electrons. The Morgan fingerprint density at radius 3 is 2.64 bits per heavy atom. The number of ether oxygens (including phenoxy) is 1. The van der Waals surface area contributed by atoms with Crippen LogP contribution in [0, 0.1) is 0 Å². The molecule has 0 bridgehead atoms. The maximum Gasteiger partial charge on any atom is 0.335 e. The topological polar surface area (TPSA) is 147 Å². The molecule has 0 saturated carbocycles. The number of anilines is 2. The van der Waals surface area contributed by atoms with Crippen LogP contribution in [0.3, 0.4) is 0 Å². The number of sulfone groups is 1. The quantitative estimate of drug-likeness (QED) is 0.270. The Balaban J connectivity index is 1.65. The monoisotopic (exact) mass is 496 g/mol. The summed E-state index contributed by atoms with van der Waals surface area (Å²) < 4.78 is 50.3. The Kier molecular flexibility index (Phi) is 7.98. The number of hydrogen-bond donors (Lipinski definition) is 3. The molecule has 2 aromatic rings. The number of benzene rings is 2. The lowest BCUT2D eigenvalue weighted by molar-refractivity contribution is 0.0696. The molecule has 2 atom stereocenters. The largest absolute Gasteiger partial charge is 0.492 e. The predicted molar refractivity (Wildman–Crippen MR) is 126 cm³/mol. The van der Waals surface area contributed by atoms with Gasteiger partial charge in [0, 0.05) is 18.8 Å².